The summed E-state index contributed by atoms with van der Waals surface area (Å²) >= 11 is 3.38. The quantitative estimate of drug-likeness (QED) is 0.885. The Bertz CT molecular complexity index is 329. The molecular formula is C10H15BrN2O. The van der Waals surface area contributed by atoms with Gasteiger partial charge in [-0.25, -0.2) is 4.98 Å². The molecule has 0 bridgehead atoms. The molecule has 0 aliphatic heterocycles. The summed E-state index contributed by atoms with van der Waals surface area (Å²) in [5.74, 6) is 1.72. The van der Waals surface area contributed by atoms with E-state index < -0.39 is 0 Å². The molecule has 14 heavy (non-hydrogen) atoms. The van der Waals surface area contributed by atoms with Crippen molar-refractivity contribution in [2.75, 3.05) is 0 Å². The maximum atomic E-state index is 9.16. The minimum Gasteiger partial charge on any atom is -0.390 e. The van der Waals surface area contributed by atoms with Crippen LogP contribution in [0.4, 0.5) is 0 Å². The number of aliphatic hydroxyl groups is 1. The molecule has 3 nitrogen and oxygen atoms in total. The molecule has 0 atom stereocenters. The maximum absolute atomic E-state index is 9.16. The van der Waals surface area contributed by atoms with E-state index in [2.05, 4.69) is 20.9 Å². The van der Waals surface area contributed by atoms with Gasteiger partial charge in [0.25, 0.3) is 0 Å². The lowest BCUT2D eigenvalue weighted by Gasteiger charge is -2.09. The summed E-state index contributed by atoms with van der Waals surface area (Å²) in [5.41, 5.74) is 0.881. The van der Waals surface area contributed by atoms with Crippen molar-refractivity contribution >= 4 is 15.9 Å². The molecule has 4 heteroatoms. The second kappa shape index (κ2) is 4.03. The van der Waals surface area contributed by atoms with E-state index >= 15 is 0 Å². The molecule has 2 rings (SSSR count). The minimum atomic E-state index is 0.0524. The second-order valence-electron chi connectivity index (χ2n) is 3.91. The lowest BCUT2D eigenvalue weighted by molar-refractivity contribution is 0.271. The molecule has 1 aliphatic carbocycles. The Kier molecular flexibility index (Phi) is 2.93. The van der Waals surface area contributed by atoms with Gasteiger partial charge in [-0.3, -0.25) is 0 Å². The predicted molar refractivity (Wildman–Crippen MR) is 58.0 cm³/mol. The highest BCUT2D eigenvalue weighted by Crippen LogP contribution is 2.34. The highest BCUT2D eigenvalue weighted by molar-refractivity contribution is 9.10. The molecule has 1 fully saturated rings. The normalized spacial score (nSPS) is 17.9. The second-order valence-corrected chi connectivity index (χ2v) is 4.66. The van der Waals surface area contributed by atoms with Crippen LogP contribution in [0.1, 0.15) is 43.1 Å². The molecule has 0 unspecified atom stereocenters. The zero-order valence-electron chi connectivity index (χ0n) is 8.33. The summed E-state index contributed by atoms with van der Waals surface area (Å²) in [4.78, 5) is 4.48. The lowest BCUT2D eigenvalue weighted by Crippen LogP contribution is -2.05. The third-order valence-electron chi connectivity index (χ3n) is 3.07. The Morgan fingerprint density at radius 2 is 2.14 bits per heavy atom. The van der Waals surface area contributed by atoms with Crippen LogP contribution < -0.4 is 0 Å². The molecular weight excluding hydrogens is 244 g/mol. The van der Waals surface area contributed by atoms with Crippen LogP contribution in [0.3, 0.4) is 0 Å². The molecule has 0 saturated heterocycles. The Hall–Kier alpha value is -0.350. The molecule has 78 valence electrons. The summed E-state index contributed by atoms with van der Waals surface area (Å²) in [7, 11) is 1.98. The van der Waals surface area contributed by atoms with Gasteiger partial charge in [0.2, 0.25) is 0 Å². The zero-order chi connectivity index (χ0) is 10.1. The SMILES string of the molecule is Cn1c(C2CCCC2)nc(Br)c1CO. The van der Waals surface area contributed by atoms with Crippen molar-refractivity contribution in [2.24, 2.45) is 7.05 Å². The molecule has 1 heterocycles. The van der Waals surface area contributed by atoms with Crippen LogP contribution in [0.15, 0.2) is 4.60 Å². The van der Waals surface area contributed by atoms with E-state index in [0.29, 0.717) is 5.92 Å². The lowest BCUT2D eigenvalue weighted by atomic mass is 10.1. The first kappa shape index (κ1) is 10.2. The van der Waals surface area contributed by atoms with Crippen LogP contribution in [0.5, 0.6) is 0 Å². The molecule has 1 aliphatic rings. The van der Waals surface area contributed by atoms with Crippen molar-refractivity contribution in [3.63, 3.8) is 0 Å². The van der Waals surface area contributed by atoms with E-state index in [1.165, 1.54) is 25.7 Å². The smallest absolute Gasteiger partial charge is 0.130 e. The molecule has 0 spiro atoms. The highest BCUT2D eigenvalue weighted by atomic mass is 79.9. The van der Waals surface area contributed by atoms with Crippen molar-refractivity contribution in [2.45, 2.75) is 38.2 Å². The number of hydrogen-bond acceptors (Lipinski definition) is 2. The van der Waals surface area contributed by atoms with Crippen LogP contribution in [0, 0.1) is 0 Å². The molecule has 1 aromatic rings. The van der Waals surface area contributed by atoms with Gasteiger partial charge in [0.15, 0.2) is 0 Å². The third-order valence-corrected chi connectivity index (χ3v) is 3.70. The van der Waals surface area contributed by atoms with Crippen LogP contribution in [-0.4, -0.2) is 14.7 Å². The zero-order valence-corrected chi connectivity index (χ0v) is 9.92. The molecule has 1 saturated carbocycles. The van der Waals surface area contributed by atoms with Crippen LogP contribution in [-0.2, 0) is 13.7 Å². The van der Waals surface area contributed by atoms with Crippen molar-refractivity contribution in [1.82, 2.24) is 9.55 Å². The Morgan fingerprint density at radius 3 is 2.64 bits per heavy atom. The van der Waals surface area contributed by atoms with Gasteiger partial charge in [-0.05, 0) is 28.8 Å². The third kappa shape index (κ3) is 1.61. The van der Waals surface area contributed by atoms with Crippen molar-refractivity contribution in [1.29, 1.82) is 0 Å². The van der Waals surface area contributed by atoms with E-state index in [9.17, 15) is 0 Å². The fourth-order valence-electron chi connectivity index (χ4n) is 2.24. The number of nitrogens with zero attached hydrogens (tertiary/aromatic N) is 2. The van der Waals surface area contributed by atoms with Gasteiger partial charge in [0, 0.05) is 13.0 Å². The standard InChI is InChI=1S/C10H15BrN2O/c1-13-8(6-14)9(11)12-10(13)7-4-2-3-5-7/h7,14H,2-6H2,1H3. The van der Waals surface area contributed by atoms with Gasteiger partial charge in [-0.15, -0.1) is 0 Å². The molecule has 0 aromatic carbocycles. The number of halogens is 1. The molecule has 0 amide bonds. The predicted octanol–water partition coefficient (Wildman–Crippen LogP) is 2.33. The average Bonchev–Trinajstić information content (AvgIpc) is 2.74. The number of hydrogen-bond donors (Lipinski definition) is 1. The number of rotatable bonds is 2. The van der Waals surface area contributed by atoms with Gasteiger partial charge in [-0.1, -0.05) is 12.8 Å². The minimum absolute atomic E-state index is 0.0524. The van der Waals surface area contributed by atoms with Gasteiger partial charge in [-0.2, -0.15) is 0 Å². The fraction of sp³-hybridized carbons (Fsp3) is 0.700. The molecule has 1 N–H and O–H groups in total. The molecule has 0 radical (unpaired) electrons. The van der Waals surface area contributed by atoms with Crippen LogP contribution in [0.25, 0.3) is 0 Å². The Morgan fingerprint density at radius 1 is 1.50 bits per heavy atom. The summed E-state index contributed by atoms with van der Waals surface area (Å²) in [6, 6.07) is 0. The monoisotopic (exact) mass is 258 g/mol. The number of aliphatic hydroxyl groups excluding tert-OH is 1. The Balaban J connectivity index is 2.33. The number of aromatic nitrogens is 2. The largest absolute Gasteiger partial charge is 0.390 e. The summed E-state index contributed by atoms with van der Waals surface area (Å²) in [6.45, 7) is 0.0524. The van der Waals surface area contributed by atoms with Gasteiger partial charge >= 0.3 is 0 Å². The van der Waals surface area contributed by atoms with Gasteiger partial charge < -0.3 is 9.67 Å². The molecule has 1 aromatic heterocycles. The van der Waals surface area contributed by atoms with Crippen LogP contribution in [0.2, 0.25) is 0 Å². The van der Waals surface area contributed by atoms with E-state index in [1.807, 2.05) is 11.6 Å². The van der Waals surface area contributed by atoms with E-state index in [1.54, 1.807) is 0 Å². The van der Waals surface area contributed by atoms with Crippen molar-refractivity contribution in [3.05, 3.63) is 16.1 Å². The Labute approximate surface area is 92.3 Å². The van der Waals surface area contributed by atoms with Gasteiger partial charge in [0.05, 0.1) is 12.3 Å². The average molecular weight is 259 g/mol. The number of imidazole rings is 1. The van der Waals surface area contributed by atoms with Gasteiger partial charge in [0.1, 0.15) is 10.4 Å². The van der Waals surface area contributed by atoms with E-state index in [-0.39, 0.29) is 6.61 Å². The maximum Gasteiger partial charge on any atom is 0.130 e. The summed E-state index contributed by atoms with van der Waals surface area (Å²) in [5, 5.41) is 9.16. The summed E-state index contributed by atoms with van der Waals surface area (Å²) in [6.07, 6.45) is 5.09. The summed E-state index contributed by atoms with van der Waals surface area (Å²) < 4.78 is 2.82. The van der Waals surface area contributed by atoms with Crippen molar-refractivity contribution in [3.8, 4) is 0 Å². The first-order chi connectivity index (χ1) is 6.74. The first-order valence-corrected chi connectivity index (χ1v) is 5.85. The highest BCUT2D eigenvalue weighted by Gasteiger charge is 2.23. The first-order valence-electron chi connectivity index (χ1n) is 5.06. The van der Waals surface area contributed by atoms with Crippen LogP contribution >= 0.6 is 15.9 Å². The fourth-order valence-corrected chi connectivity index (χ4v) is 2.81. The van der Waals surface area contributed by atoms with E-state index in [4.69, 9.17) is 5.11 Å². The van der Waals surface area contributed by atoms with Crippen molar-refractivity contribution < 1.29 is 5.11 Å². The van der Waals surface area contributed by atoms with E-state index in [0.717, 1.165) is 16.1 Å². The topological polar surface area (TPSA) is 38.0 Å².